The van der Waals surface area contributed by atoms with Gasteiger partial charge in [0.15, 0.2) is 5.82 Å². The minimum absolute atomic E-state index is 0.206. The number of imide groups is 1. The number of urea groups is 1. The van der Waals surface area contributed by atoms with Crippen LogP contribution in [0, 0.1) is 0 Å². The van der Waals surface area contributed by atoms with E-state index in [1.165, 1.54) is 4.90 Å². The maximum atomic E-state index is 13.0. The van der Waals surface area contributed by atoms with Gasteiger partial charge in [-0.15, -0.1) is 0 Å². The second-order valence-corrected chi connectivity index (χ2v) is 7.36. The highest BCUT2D eigenvalue weighted by Gasteiger charge is 2.31. The van der Waals surface area contributed by atoms with Crippen LogP contribution < -0.4 is 4.90 Å². The highest BCUT2D eigenvalue weighted by Crippen LogP contribution is 2.27. The topological polar surface area (TPSA) is 66.7 Å². The van der Waals surface area contributed by atoms with Crippen molar-refractivity contribution < 1.29 is 14.1 Å². The molecule has 140 valence electrons. The van der Waals surface area contributed by atoms with Crippen molar-refractivity contribution in [3.8, 4) is 0 Å². The van der Waals surface area contributed by atoms with Gasteiger partial charge in [-0.25, -0.2) is 9.69 Å². The van der Waals surface area contributed by atoms with Crippen LogP contribution in [-0.4, -0.2) is 35.6 Å². The number of anilines is 1. The molecule has 1 heterocycles. The van der Waals surface area contributed by atoms with Crippen LogP contribution in [0.3, 0.4) is 0 Å². The quantitative estimate of drug-likeness (QED) is 0.792. The molecule has 0 saturated heterocycles. The van der Waals surface area contributed by atoms with Crippen LogP contribution >= 0.6 is 0 Å². The first-order valence-corrected chi connectivity index (χ1v) is 8.87. The summed E-state index contributed by atoms with van der Waals surface area (Å²) >= 11 is 0. The number of benzene rings is 1. The van der Waals surface area contributed by atoms with Gasteiger partial charge in [0.2, 0.25) is 0 Å². The monoisotopic (exact) mass is 357 g/mol. The lowest BCUT2D eigenvalue weighted by molar-refractivity contribution is 0.0985. The van der Waals surface area contributed by atoms with Crippen LogP contribution in [0.5, 0.6) is 0 Å². The Morgan fingerprint density at radius 1 is 1.15 bits per heavy atom. The number of unbranched alkanes of at least 4 members (excludes halogenated alkanes) is 1. The van der Waals surface area contributed by atoms with E-state index in [2.05, 4.69) is 12.1 Å². The summed E-state index contributed by atoms with van der Waals surface area (Å²) < 4.78 is 5.39. The van der Waals surface area contributed by atoms with Gasteiger partial charge in [-0.1, -0.05) is 57.5 Å². The van der Waals surface area contributed by atoms with Crippen LogP contribution in [0.1, 0.15) is 56.7 Å². The summed E-state index contributed by atoms with van der Waals surface area (Å²) in [5, 5.41) is 4.00. The minimum atomic E-state index is -0.423. The lowest BCUT2D eigenvalue weighted by atomic mass is 9.93. The van der Waals surface area contributed by atoms with E-state index in [-0.39, 0.29) is 11.2 Å². The van der Waals surface area contributed by atoms with Crippen molar-refractivity contribution in [1.82, 2.24) is 10.1 Å². The second kappa shape index (κ2) is 8.17. The van der Waals surface area contributed by atoms with Gasteiger partial charge in [0, 0.05) is 30.6 Å². The number of carbonyl (C=O) groups is 2. The van der Waals surface area contributed by atoms with Gasteiger partial charge in [0.1, 0.15) is 5.76 Å². The molecule has 0 saturated carbocycles. The molecular weight excluding hydrogens is 330 g/mol. The first kappa shape index (κ1) is 19.7. The van der Waals surface area contributed by atoms with Gasteiger partial charge in [-0.3, -0.25) is 4.79 Å². The molecule has 0 aliphatic carbocycles. The zero-order valence-corrected chi connectivity index (χ0v) is 16.2. The number of carbonyl (C=O) groups excluding carboxylic acids is 2. The number of nitrogens with zero attached hydrogens (tertiary/aromatic N) is 3. The van der Waals surface area contributed by atoms with Crippen LogP contribution in [0.25, 0.3) is 0 Å². The molecule has 3 amide bonds. The largest absolute Gasteiger partial charge is 0.359 e. The summed E-state index contributed by atoms with van der Waals surface area (Å²) in [6, 6.07) is 9.95. The highest BCUT2D eigenvalue weighted by atomic mass is 16.5. The molecule has 0 radical (unpaired) electrons. The zero-order chi connectivity index (χ0) is 19.3. The normalized spacial score (nSPS) is 11.3. The summed E-state index contributed by atoms with van der Waals surface area (Å²) in [6.07, 6.45) is 1.82. The van der Waals surface area contributed by atoms with Crippen molar-refractivity contribution in [2.75, 3.05) is 18.5 Å². The van der Waals surface area contributed by atoms with E-state index in [9.17, 15) is 9.59 Å². The van der Waals surface area contributed by atoms with Gasteiger partial charge in [0.05, 0.1) is 0 Å². The van der Waals surface area contributed by atoms with Crippen molar-refractivity contribution in [1.29, 1.82) is 0 Å². The Balaban J connectivity index is 2.40. The summed E-state index contributed by atoms with van der Waals surface area (Å²) in [7, 11) is 1.69. The summed E-state index contributed by atoms with van der Waals surface area (Å²) in [5.41, 5.74) is 0.147. The fourth-order valence-corrected chi connectivity index (χ4v) is 2.39. The number of rotatable bonds is 5. The maximum Gasteiger partial charge on any atom is 0.332 e. The third-order valence-electron chi connectivity index (χ3n) is 4.05. The molecule has 1 aromatic heterocycles. The van der Waals surface area contributed by atoms with E-state index in [0.29, 0.717) is 17.9 Å². The number of amides is 3. The number of aromatic nitrogens is 1. The third kappa shape index (κ3) is 4.50. The standard InChI is InChI=1S/C20H27N3O3/c1-6-7-13-22(5)19(25)23(18(24)15-11-9-8-10-12-15)17-14-16(26-21-17)20(2,3)4/h8-12,14H,6-7,13H2,1-5H3. The second-order valence-electron chi connectivity index (χ2n) is 7.36. The predicted molar refractivity (Wildman–Crippen MR) is 101 cm³/mol. The zero-order valence-electron chi connectivity index (χ0n) is 16.2. The van der Waals surface area contributed by atoms with E-state index < -0.39 is 11.9 Å². The van der Waals surface area contributed by atoms with E-state index in [4.69, 9.17) is 4.52 Å². The van der Waals surface area contributed by atoms with E-state index >= 15 is 0 Å². The molecular formula is C20H27N3O3. The molecule has 0 aliphatic rings. The average Bonchev–Trinajstić information content (AvgIpc) is 3.10. The Kier molecular flexibility index (Phi) is 6.18. The third-order valence-corrected chi connectivity index (χ3v) is 4.05. The molecule has 2 rings (SSSR count). The lowest BCUT2D eigenvalue weighted by Gasteiger charge is -2.25. The molecule has 1 aromatic carbocycles. The molecule has 2 aromatic rings. The minimum Gasteiger partial charge on any atom is -0.359 e. The molecule has 0 unspecified atom stereocenters. The van der Waals surface area contributed by atoms with Crippen LogP contribution in [0.4, 0.5) is 10.6 Å². The van der Waals surface area contributed by atoms with Crippen LogP contribution in [-0.2, 0) is 5.41 Å². The average molecular weight is 357 g/mol. The molecule has 0 spiro atoms. The Labute approximate surface area is 154 Å². The fourth-order valence-electron chi connectivity index (χ4n) is 2.39. The number of hydrogen-bond acceptors (Lipinski definition) is 4. The smallest absolute Gasteiger partial charge is 0.332 e. The van der Waals surface area contributed by atoms with Crippen LogP contribution in [0.2, 0.25) is 0 Å². The van der Waals surface area contributed by atoms with Gasteiger partial charge in [-0.2, -0.15) is 0 Å². The van der Waals surface area contributed by atoms with Crippen molar-refractivity contribution in [2.24, 2.45) is 0 Å². The number of hydrogen-bond donors (Lipinski definition) is 0. The predicted octanol–water partition coefficient (Wildman–Crippen LogP) is 4.47. The molecule has 0 bridgehead atoms. The van der Waals surface area contributed by atoms with E-state index in [0.717, 1.165) is 17.7 Å². The van der Waals surface area contributed by atoms with Gasteiger partial charge < -0.3 is 9.42 Å². The molecule has 0 atom stereocenters. The van der Waals surface area contributed by atoms with E-state index in [1.807, 2.05) is 26.8 Å². The highest BCUT2D eigenvalue weighted by molar-refractivity contribution is 6.20. The Bertz CT molecular complexity index is 747. The van der Waals surface area contributed by atoms with Gasteiger partial charge >= 0.3 is 6.03 Å². The Morgan fingerprint density at radius 2 is 1.81 bits per heavy atom. The Morgan fingerprint density at radius 3 is 2.35 bits per heavy atom. The van der Waals surface area contributed by atoms with Gasteiger partial charge in [0.25, 0.3) is 5.91 Å². The van der Waals surface area contributed by atoms with Crippen molar-refractivity contribution >= 4 is 17.8 Å². The molecule has 0 aliphatic heterocycles. The fraction of sp³-hybridized carbons (Fsp3) is 0.450. The van der Waals surface area contributed by atoms with Crippen LogP contribution in [0.15, 0.2) is 40.9 Å². The summed E-state index contributed by atoms with van der Waals surface area (Å²) in [4.78, 5) is 28.6. The molecule has 0 N–H and O–H groups in total. The van der Waals surface area contributed by atoms with Crippen molar-refractivity contribution in [3.63, 3.8) is 0 Å². The molecule has 6 nitrogen and oxygen atoms in total. The molecule has 26 heavy (non-hydrogen) atoms. The maximum absolute atomic E-state index is 13.0. The van der Waals surface area contributed by atoms with Crippen molar-refractivity contribution in [2.45, 2.75) is 46.0 Å². The summed E-state index contributed by atoms with van der Waals surface area (Å²) in [5.74, 6) is 0.396. The summed E-state index contributed by atoms with van der Waals surface area (Å²) in [6.45, 7) is 8.57. The van der Waals surface area contributed by atoms with Crippen molar-refractivity contribution in [3.05, 3.63) is 47.7 Å². The lowest BCUT2D eigenvalue weighted by Crippen LogP contribution is -2.45. The van der Waals surface area contributed by atoms with Gasteiger partial charge in [-0.05, 0) is 18.6 Å². The first-order valence-electron chi connectivity index (χ1n) is 8.87. The Hall–Kier alpha value is -2.63. The van der Waals surface area contributed by atoms with E-state index in [1.54, 1.807) is 37.4 Å². The molecule has 6 heteroatoms. The first-order chi connectivity index (χ1) is 12.3. The SMILES string of the molecule is CCCCN(C)C(=O)N(C(=O)c1ccccc1)c1cc(C(C)(C)C)on1. The molecule has 0 fully saturated rings.